The summed E-state index contributed by atoms with van der Waals surface area (Å²) < 4.78 is 26.0. The summed E-state index contributed by atoms with van der Waals surface area (Å²) in [7, 11) is 0. The molecule has 1 aliphatic carbocycles. The molecule has 0 saturated heterocycles. The molecule has 0 atom stereocenters. The molecule has 0 unspecified atom stereocenters. The first-order valence-electron chi connectivity index (χ1n) is 6.90. The second kappa shape index (κ2) is 5.23. The van der Waals surface area contributed by atoms with Crippen molar-refractivity contribution in [3.8, 4) is 0 Å². The van der Waals surface area contributed by atoms with E-state index < -0.39 is 11.6 Å². The fourth-order valence-corrected chi connectivity index (χ4v) is 2.86. The minimum Gasteiger partial charge on any atom is -0.382 e. The molecule has 20 heavy (non-hydrogen) atoms. The van der Waals surface area contributed by atoms with E-state index in [0.29, 0.717) is 17.6 Å². The molecule has 1 nitrogen and oxygen atoms in total. The molecule has 1 N–H and O–H groups in total. The van der Waals surface area contributed by atoms with Gasteiger partial charge in [-0.25, -0.2) is 8.78 Å². The zero-order chi connectivity index (χ0) is 14.1. The molecule has 0 bridgehead atoms. The van der Waals surface area contributed by atoms with E-state index in [4.69, 9.17) is 0 Å². The minimum absolute atomic E-state index is 0.337. The van der Waals surface area contributed by atoms with Crippen LogP contribution in [0.15, 0.2) is 42.5 Å². The Bertz CT molecular complexity index is 618. The standard InChI is InChI=1S/C17H17F2N/c1-11-4-2-3-5-15(11)12-8-14(9-12)20-13-6-7-16(18)17(19)10-13/h2-7,10,12,14,20H,8-9H2,1H3. The molecule has 0 heterocycles. The first-order chi connectivity index (χ1) is 9.63. The van der Waals surface area contributed by atoms with Gasteiger partial charge in [-0.1, -0.05) is 24.3 Å². The quantitative estimate of drug-likeness (QED) is 0.859. The predicted molar refractivity (Wildman–Crippen MR) is 76.9 cm³/mol. The Balaban J connectivity index is 1.61. The topological polar surface area (TPSA) is 12.0 Å². The fraction of sp³-hybridized carbons (Fsp3) is 0.294. The fourth-order valence-electron chi connectivity index (χ4n) is 2.86. The number of anilines is 1. The van der Waals surface area contributed by atoms with Gasteiger partial charge in [-0.2, -0.15) is 0 Å². The Labute approximate surface area is 117 Å². The molecule has 0 amide bonds. The normalized spacial score (nSPS) is 21.4. The van der Waals surface area contributed by atoms with Crippen LogP contribution in [-0.4, -0.2) is 6.04 Å². The van der Waals surface area contributed by atoms with Crippen LogP contribution in [0, 0.1) is 18.6 Å². The lowest BCUT2D eigenvalue weighted by molar-refractivity contribution is 0.373. The molecule has 3 heteroatoms. The van der Waals surface area contributed by atoms with Crippen LogP contribution in [0.1, 0.15) is 29.9 Å². The third-order valence-electron chi connectivity index (χ3n) is 4.06. The third kappa shape index (κ3) is 2.53. The van der Waals surface area contributed by atoms with E-state index in [9.17, 15) is 8.78 Å². The Hall–Kier alpha value is -1.90. The molecule has 0 aromatic heterocycles. The summed E-state index contributed by atoms with van der Waals surface area (Å²) in [6.45, 7) is 2.13. The number of hydrogen-bond donors (Lipinski definition) is 1. The molecule has 0 spiro atoms. The largest absolute Gasteiger partial charge is 0.382 e. The Morgan fingerprint density at radius 2 is 1.75 bits per heavy atom. The van der Waals surface area contributed by atoms with Crippen LogP contribution in [0.4, 0.5) is 14.5 Å². The van der Waals surface area contributed by atoms with Gasteiger partial charge in [0.05, 0.1) is 0 Å². The summed E-state index contributed by atoms with van der Waals surface area (Å²) in [5.41, 5.74) is 3.37. The maximum Gasteiger partial charge on any atom is 0.160 e. The van der Waals surface area contributed by atoms with Crippen molar-refractivity contribution in [3.05, 3.63) is 65.2 Å². The minimum atomic E-state index is -0.804. The average Bonchev–Trinajstić information content (AvgIpc) is 2.39. The summed E-state index contributed by atoms with van der Waals surface area (Å²) in [6.07, 6.45) is 2.06. The van der Waals surface area contributed by atoms with Gasteiger partial charge >= 0.3 is 0 Å². The number of rotatable bonds is 3. The van der Waals surface area contributed by atoms with Crippen LogP contribution in [0.5, 0.6) is 0 Å². The highest BCUT2D eigenvalue weighted by atomic mass is 19.2. The van der Waals surface area contributed by atoms with Crippen LogP contribution in [0.3, 0.4) is 0 Å². The molecule has 0 radical (unpaired) electrons. The third-order valence-corrected chi connectivity index (χ3v) is 4.06. The van der Waals surface area contributed by atoms with Crippen LogP contribution < -0.4 is 5.32 Å². The molecule has 104 valence electrons. The molecular weight excluding hydrogens is 256 g/mol. The molecule has 0 aliphatic heterocycles. The maximum absolute atomic E-state index is 13.1. The van der Waals surface area contributed by atoms with Crippen molar-refractivity contribution >= 4 is 5.69 Å². The lowest BCUT2D eigenvalue weighted by atomic mass is 9.74. The van der Waals surface area contributed by atoms with Crippen molar-refractivity contribution < 1.29 is 8.78 Å². The Kier molecular flexibility index (Phi) is 3.43. The molecule has 3 rings (SSSR count). The van der Waals surface area contributed by atoms with Crippen LogP contribution >= 0.6 is 0 Å². The summed E-state index contributed by atoms with van der Waals surface area (Å²) >= 11 is 0. The van der Waals surface area contributed by atoms with E-state index in [-0.39, 0.29) is 0 Å². The lowest BCUT2D eigenvalue weighted by Crippen LogP contribution is -2.34. The van der Waals surface area contributed by atoms with Crippen molar-refractivity contribution in [2.24, 2.45) is 0 Å². The van der Waals surface area contributed by atoms with Crippen molar-refractivity contribution in [2.45, 2.75) is 31.7 Å². The van der Waals surface area contributed by atoms with Crippen molar-refractivity contribution in [1.29, 1.82) is 0 Å². The molecule has 1 aliphatic rings. The number of nitrogens with one attached hydrogen (secondary N) is 1. The summed E-state index contributed by atoms with van der Waals surface area (Å²) in [5.74, 6) is -1.04. The zero-order valence-electron chi connectivity index (χ0n) is 11.4. The van der Waals surface area contributed by atoms with Crippen LogP contribution in [-0.2, 0) is 0 Å². The summed E-state index contributed by atoms with van der Waals surface area (Å²) in [4.78, 5) is 0. The predicted octanol–water partition coefficient (Wildman–Crippen LogP) is 4.63. The smallest absolute Gasteiger partial charge is 0.160 e. The van der Waals surface area contributed by atoms with Gasteiger partial charge in [-0.05, 0) is 48.9 Å². The van der Waals surface area contributed by atoms with Gasteiger partial charge in [0.1, 0.15) is 0 Å². The first kappa shape index (κ1) is 13.1. The summed E-state index contributed by atoms with van der Waals surface area (Å²) in [6, 6.07) is 12.7. The monoisotopic (exact) mass is 273 g/mol. The number of aryl methyl sites for hydroxylation is 1. The molecule has 2 aromatic rings. The maximum atomic E-state index is 13.1. The van der Waals surface area contributed by atoms with E-state index >= 15 is 0 Å². The second-order valence-electron chi connectivity index (χ2n) is 5.50. The number of hydrogen-bond acceptors (Lipinski definition) is 1. The Morgan fingerprint density at radius 1 is 1.00 bits per heavy atom. The van der Waals surface area contributed by atoms with Crippen LogP contribution in [0.25, 0.3) is 0 Å². The van der Waals surface area contributed by atoms with E-state index in [1.807, 2.05) is 0 Å². The average molecular weight is 273 g/mol. The van der Waals surface area contributed by atoms with E-state index in [0.717, 1.165) is 18.9 Å². The van der Waals surface area contributed by atoms with Gasteiger partial charge in [0.2, 0.25) is 0 Å². The SMILES string of the molecule is Cc1ccccc1C1CC(Nc2ccc(F)c(F)c2)C1. The molecule has 2 aromatic carbocycles. The molecular formula is C17H17F2N. The Morgan fingerprint density at radius 3 is 2.45 bits per heavy atom. The first-order valence-corrected chi connectivity index (χ1v) is 6.90. The second-order valence-corrected chi connectivity index (χ2v) is 5.50. The van der Waals surface area contributed by atoms with Crippen molar-refractivity contribution in [1.82, 2.24) is 0 Å². The zero-order valence-corrected chi connectivity index (χ0v) is 11.4. The van der Waals surface area contributed by atoms with Gasteiger partial charge < -0.3 is 5.32 Å². The van der Waals surface area contributed by atoms with Gasteiger partial charge in [0, 0.05) is 17.8 Å². The number of benzene rings is 2. The molecule has 1 fully saturated rings. The summed E-state index contributed by atoms with van der Waals surface area (Å²) in [5, 5.41) is 3.26. The van der Waals surface area contributed by atoms with E-state index in [1.54, 1.807) is 6.07 Å². The van der Waals surface area contributed by atoms with Crippen LogP contribution in [0.2, 0.25) is 0 Å². The highest BCUT2D eigenvalue weighted by Crippen LogP contribution is 2.39. The van der Waals surface area contributed by atoms with Crippen molar-refractivity contribution in [3.63, 3.8) is 0 Å². The number of halogens is 2. The molecule has 1 saturated carbocycles. The van der Waals surface area contributed by atoms with Gasteiger partial charge in [-0.3, -0.25) is 0 Å². The van der Waals surface area contributed by atoms with Crippen molar-refractivity contribution in [2.75, 3.05) is 5.32 Å². The van der Waals surface area contributed by atoms with E-state index in [1.165, 1.54) is 17.2 Å². The van der Waals surface area contributed by atoms with Gasteiger partial charge in [0.25, 0.3) is 0 Å². The van der Waals surface area contributed by atoms with E-state index in [2.05, 4.69) is 36.5 Å². The lowest BCUT2D eigenvalue weighted by Gasteiger charge is -2.37. The van der Waals surface area contributed by atoms with Gasteiger partial charge in [0.15, 0.2) is 11.6 Å². The van der Waals surface area contributed by atoms with Gasteiger partial charge in [-0.15, -0.1) is 0 Å². The highest BCUT2D eigenvalue weighted by Gasteiger charge is 2.30. The highest BCUT2D eigenvalue weighted by molar-refractivity contribution is 5.45.